The second kappa shape index (κ2) is 11.0. The van der Waals surface area contributed by atoms with Crippen molar-refractivity contribution in [3.63, 3.8) is 0 Å². The van der Waals surface area contributed by atoms with Crippen molar-refractivity contribution in [1.82, 2.24) is 14.7 Å². The van der Waals surface area contributed by atoms with Crippen molar-refractivity contribution in [1.29, 1.82) is 0 Å². The van der Waals surface area contributed by atoms with Crippen LogP contribution in [0.3, 0.4) is 0 Å². The quantitative estimate of drug-likeness (QED) is 0.629. The van der Waals surface area contributed by atoms with Crippen LogP contribution in [0, 0.1) is 0 Å². The van der Waals surface area contributed by atoms with Crippen LogP contribution in [-0.4, -0.2) is 68.3 Å². The average Bonchev–Trinajstić information content (AvgIpc) is 3.36. The van der Waals surface area contributed by atoms with Crippen LogP contribution in [0.4, 0.5) is 0 Å². The molecule has 182 valence electrons. The summed E-state index contributed by atoms with van der Waals surface area (Å²) in [5.74, 6) is -0.832. The predicted octanol–water partition coefficient (Wildman–Crippen LogP) is 2.55. The number of nitrogens with zero attached hydrogens (tertiary/aromatic N) is 3. The lowest BCUT2D eigenvalue weighted by Gasteiger charge is -2.17. The van der Waals surface area contributed by atoms with Crippen LogP contribution < -0.4 is 0 Å². The van der Waals surface area contributed by atoms with Gasteiger partial charge in [-0.2, -0.15) is 0 Å². The summed E-state index contributed by atoms with van der Waals surface area (Å²) in [4.78, 5) is 70.9. The number of carbonyl (C=O) groups is 6. The minimum Gasteiger partial charge on any atom is -0.280 e. The molecule has 3 aliphatic rings. The second-order valence-electron chi connectivity index (χ2n) is 8.84. The Morgan fingerprint density at radius 2 is 0.912 bits per heavy atom. The van der Waals surface area contributed by atoms with Gasteiger partial charge in [0.2, 0.25) is 11.8 Å². The van der Waals surface area contributed by atoms with Crippen LogP contribution >= 0.6 is 0 Å². The Bertz CT molecular complexity index is 966. The summed E-state index contributed by atoms with van der Waals surface area (Å²) < 4.78 is 0. The number of amides is 6. The van der Waals surface area contributed by atoms with Gasteiger partial charge >= 0.3 is 0 Å². The average molecular weight is 470 g/mol. The van der Waals surface area contributed by atoms with Gasteiger partial charge < -0.3 is 0 Å². The zero-order valence-electron chi connectivity index (χ0n) is 20.4. The van der Waals surface area contributed by atoms with Crippen LogP contribution in [0.15, 0.2) is 36.4 Å². The maximum Gasteiger partial charge on any atom is 0.261 e. The molecule has 1 aromatic rings. The summed E-state index contributed by atoms with van der Waals surface area (Å²) in [6.07, 6.45) is 3.39. The third-order valence-electron chi connectivity index (χ3n) is 5.31. The molecule has 9 heteroatoms. The largest absolute Gasteiger partial charge is 0.280 e. The van der Waals surface area contributed by atoms with Crippen LogP contribution in [0.25, 0.3) is 0 Å². The molecule has 6 amide bonds. The lowest BCUT2D eigenvalue weighted by molar-refractivity contribution is -0.141. The first-order chi connectivity index (χ1) is 15.9. The first kappa shape index (κ1) is 26.6. The first-order valence-electron chi connectivity index (χ1n) is 11.3. The molecule has 4 rings (SSSR count). The van der Waals surface area contributed by atoms with E-state index in [1.807, 2.05) is 41.5 Å². The van der Waals surface area contributed by atoms with Crippen molar-refractivity contribution < 1.29 is 28.8 Å². The number of likely N-dealkylation sites (tertiary alicyclic amines) is 1. The fraction of sp³-hybridized carbons (Fsp3) is 0.440. The summed E-state index contributed by atoms with van der Waals surface area (Å²) in [5.41, 5.74) is 1.04. The number of rotatable bonds is 3. The Morgan fingerprint density at radius 1 is 0.559 bits per heavy atom. The maximum absolute atomic E-state index is 11.8. The Hall–Kier alpha value is -3.62. The van der Waals surface area contributed by atoms with Crippen molar-refractivity contribution in [2.75, 3.05) is 0 Å². The lowest BCUT2D eigenvalue weighted by atomic mass is 10.1. The fourth-order valence-corrected chi connectivity index (χ4v) is 3.77. The van der Waals surface area contributed by atoms with Gasteiger partial charge in [0.25, 0.3) is 23.6 Å². The van der Waals surface area contributed by atoms with Crippen molar-refractivity contribution in [3.05, 3.63) is 47.5 Å². The Labute approximate surface area is 199 Å². The number of fused-ring (bicyclic) bond motifs is 1. The molecule has 1 saturated heterocycles. The molecule has 0 aromatic heterocycles. The van der Waals surface area contributed by atoms with E-state index >= 15 is 0 Å². The predicted molar refractivity (Wildman–Crippen MR) is 124 cm³/mol. The zero-order valence-corrected chi connectivity index (χ0v) is 20.4. The van der Waals surface area contributed by atoms with Crippen molar-refractivity contribution >= 4 is 35.4 Å². The van der Waals surface area contributed by atoms with E-state index in [2.05, 4.69) is 0 Å². The third kappa shape index (κ3) is 5.65. The van der Waals surface area contributed by atoms with Gasteiger partial charge in [-0.15, -0.1) is 0 Å². The fourth-order valence-electron chi connectivity index (χ4n) is 3.77. The van der Waals surface area contributed by atoms with E-state index in [1.54, 1.807) is 24.3 Å². The highest BCUT2D eigenvalue weighted by atomic mass is 16.2. The molecular formula is C25H31N3O6. The molecule has 1 fully saturated rings. The standard InChI is InChI=1S/C11H11NO2.C7H11NO2.C7H9NO2/c1-7(2)12-10(13)8-5-3-4-6-9(8)11(12)14;2*1-5(2)8-6(9)3-4-7(8)10/h3-7H,1-2H3;5H,3-4H2,1-2H3;3-5H,1-2H3. The normalized spacial score (nSPS) is 17.1. The minimum absolute atomic E-state index is 0.0278. The van der Waals surface area contributed by atoms with Crippen molar-refractivity contribution in [3.8, 4) is 0 Å². The summed E-state index contributed by atoms with van der Waals surface area (Å²) in [7, 11) is 0. The maximum atomic E-state index is 11.8. The number of imide groups is 3. The molecular weight excluding hydrogens is 438 g/mol. The molecule has 9 nitrogen and oxygen atoms in total. The van der Waals surface area contributed by atoms with E-state index in [1.165, 1.54) is 26.9 Å². The molecule has 0 saturated carbocycles. The topological polar surface area (TPSA) is 112 Å². The Kier molecular flexibility index (Phi) is 8.62. The molecule has 34 heavy (non-hydrogen) atoms. The van der Waals surface area contributed by atoms with Crippen LogP contribution in [0.5, 0.6) is 0 Å². The van der Waals surface area contributed by atoms with E-state index in [4.69, 9.17) is 0 Å². The summed E-state index contributed by atoms with van der Waals surface area (Å²) in [6.45, 7) is 11.0. The molecule has 0 aliphatic carbocycles. The number of hydrogen-bond donors (Lipinski definition) is 0. The van der Waals surface area contributed by atoms with E-state index in [-0.39, 0.29) is 53.6 Å². The highest BCUT2D eigenvalue weighted by Crippen LogP contribution is 2.23. The summed E-state index contributed by atoms with van der Waals surface area (Å²) >= 11 is 0. The Morgan fingerprint density at radius 3 is 1.18 bits per heavy atom. The van der Waals surface area contributed by atoms with Crippen LogP contribution in [-0.2, 0) is 19.2 Å². The molecule has 1 aromatic carbocycles. The molecule has 0 spiro atoms. The third-order valence-corrected chi connectivity index (χ3v) is 5.31. The van der Waals surface area contributed by atoms with Crippen molar-refractivity contribution in [2.24, 2.45) is 0 Å². The molecule has 0 N–H and O–H groups in total. The highest BCUT2D eigenvalue weighted by molar-refractivity contribution is 6.21. The SMILES string of the molecule is CC(C)N1C(=O)C=CC1=O.CC(C)N1C(=O)CCC1=O.CC(C)N1C(=O)c2ccccc2C1=O. The van der Waals surface area contributed by atoms with Gasteiger partial charge in [0.15, 0.2) is 0 Å². The van der Waals surface area contributed by atoms with E-state index in [0.29, 0.717) is 24.0 Å². The van der Waals surface area contributed by atoms with E-state index < -0.39 is 0 Å². The highest BCUT2D eigenvalue weighted by Gasteiger charge is 2.36. The summed E-state index contributed by atoms with van der Waals surface area (Å²) in [6, 6.07) is 6.84. The molecule has 0 bridgehead atoms. The zero-order chi connectivity index (χ0) is 25.7. The molecule has 3 aliphatic heterocycles. The number of hydrogen-bond acceptors (Lipinski definition) is 6. The minimum atomic E-state index is -0.208. The van der Waals surface area contributed by atoms with Gasteiger partial charge in [0.1, 0.15) is 0 Å². The van der Waals surface area contributed by atoms with E-state index in [0.717, 1.165) is 0 Å². The number of carbonyl (C=O) groups excluding carboxylic acids is 6. The van der Waals surface area contributed by atoms with Crippen LogP contribution in [0.1, 0.15) is 75.1 Å². The molecule has 0 unspecified atom stereocenters. The molecule has 0 radical (unpaired) electrons. The molecule has 0 atom stereocenters. The van der Waals surface area contributed by atoms with Crippen LogP contribution in [0.2, 0.25) is 0 Å². The van der Waals surface area contributed by atoms with Gasteiger partial charge in [-0.25, -0.2) is 0 Å². The van der Waals surface area contributed by atoms with Gasteiger partial charge in [0, 0.05) is 43.1 Å². The second-order valence-corrected chi connectivity index (χ2v) is 8.84. The van der Waals surface area contributed by atoms with Crippen molar-refractivity contribution in [2.45, 2.75) is 72.5 Å². The summed E-state index contributed by atoms with van der Waals surface area (Å²) in [5, 5.41) is 0. The van der Waals surface area contributed by atoms with Gasteiger partial charge in [-0.05, 0) is 53.7 Å². The Balaban J connectivity index is 0.000000185. The monoisotopic (exact) mass is 469 g/mol. The number of benzene rings is 1. The lowest BCUT2D eigenvalue weighted by Crippen LogP contribution is -2.36. The first-order valence-corrected chi connectivity index (χ1v) is 11.3. The van der Waals surface area contributed by atoms with Gasteiger partial charge in [-0.1, -0.05) is 12.1 Å². The van der Waals surface area contributed by atoms with E-state index in [9.17, 15) is 28.8 Å². The van der Waals surface area contributed by atoms with Gasteiger partial charge in [0.05, 0.1) is 11.1 Å². The molecule has 3 heterocycles. The smallest absolute Gasteiger partial charge is 0.261 e. The van der Waals surface area contributed by atoms with Gasteiger partial charge in [-0.3, -0.25) is 43.5 Å².